The summed E-state index contributed by atoms with van der Waals surface area (Å²) in [5, 5.41) is 11.0. The predicted octanol–water partition coefficient (Wildman–Crippen LogP) is 2.53. The third-order valence-electron chi connectivity index (χ3n) is 3.52. The summed E-state index contributed by atoms with van der Waals surface area (Å²) in [6, 6.07) is 3.66. The number of nitrogens with zero attached hydrogens (tertiary/aromatic N) is 2. The van der Waals surface area contributed by atoms with E-state index in [0.29, 0.717) is 0 Å². The Morgan fingerprint density at radius 1 is 1.56 bits per heavy atom. The average molecular weight is 269 g/mol. The zero-order valence-electron chi connectivity index (χ0n) is 10.5. The van der Waals surface area contributed by atoms with Crippen LogP contribution < -0.4 is 5.73 Å². The number of rotatable bonds is 3. The van der Waals surface area contributed by atoms with Crippen molar-refractivity contribution < 1.29 is 4.92 Å². The summed E-state index contributed by atoms with van der Waals surface area (Å²) >= 11 is 1.26. The van der Waals surface area contributed by atoms with Gasteiger partial charge in [0, 0.05) is 17.0 Å². The van der Waals surface area contributed by atoms with Gasteiger partial charge in [-0.15, -0.1) is 0 Å². The van der Waals surface area contributed by atoms with E-state index in [-0.39, 0.29) is 22.0 Å². The van der Waals surface area contributed by atoms with E-state index in [4.69, 9.17) is 5.73 Å². The van der Waals surface area contributed by atoms with E-state index < -0.39 is 0 Å². The lowest BCUT2D eigenvalue weighted by Crippen LogP contribution is -2.39. The van der Waals surface area contributed by atoms with Gasteiger partial charge in [0.05, 0.1) is 11.0 Å². The van der Waals surface area contributed by atoms with Crippen LogP contribution in [0.15, 0.2) is 12.1 Å². The molecule has 6 heteroatoms. The maximum Gasteiger partial charge on any atom is 0.324 e. The van der Waals surface area contributed by atoms with Gasteiger partial charge in [0.1, 0.15) is 0 Å². The maximum atomic E-state index is 10.8. The molecule has 18 heavy (non-hydrogen) atoms. The van der Waals surface area contributed by atoms with Crippen LogP contribution in [-0.4, -0.2) is 29.0 Å². The minimum absolute atomic E-state index is 0.0747. The van der Waals surface area contributed by atoms with Crippen molar-refractivity contribution in [2.24, 2.45) is 5.73 Å². The van der Waals surface area contributed by atoms with Crippen LogP contribution in [0.5, 0.6) is 0 Å². The molecule has 2 unspecified atom stereocenters. The van der Waals surface area contributed by atoms with E-state index in [2.05, 4.69) is 11.8 Å². The molecule has 1 aromatic rings. The fraction of sp³-hybridized carbons (Fsp3) is 0.667. The maximum absolute atomic E-state index is 10.8. The van der Waals surface area contributed by atoms with Gasteiger partial charge < -0.3 is 5.73 Å². The fourth-order valence-corrected chi connectivity index (χ4v) is 3.64. The lowest BCUT2D eigenvalue weighted by molar-refractivity contribution is -0.380. The molecule has 1 aromatic heterocycles. The molecule has 2 atom stereocenters. The lowest BCUT2D eigenvalue weighted by Gasteiger charge is -2.31. The van der Waals surface area contributed by atoms with Gasteiger partial charge in [-0.1, -0.05) is 24.7 Å². The predicted molar refractivity (Wildman–Crippen MR) is 72.8 cm³/mol. The molecule has 1 fully saturated rings. The molecular weight excluding hydrogens is 250 g/mol. The summed E-state index contributed by atoms with van der Waals surface area (Å²) in [5.74, 6) is 0. The zero-order chi connectivity index (χ0) is 13.1. The third-order valence-corrected chi connectivity index (χ3v) is 4.63. The summed E-state index contributed by atoms with van der Waals surface area (Å²) in [7, 11) is 0. The summed E-state index contributed by atoms with van der Waals surface area (Å²) in [5.41, 5.74) is 6.26. The molecule has 1 aliphatic heterocycles. The Morgan fingerprint density at radius 3 is 2.94 bits per heavy atom. The normalized spacial score (nSPS) is 25.9. The van der Waals surface area contributed by atoms with Crippen LogP contribution in [0, 0.1) is 10.1 Å². The lowest BCUT2D eigenvalue weighted by atomic mass is 10.0. The fourth-order valence-electron chi connectivity index (χ4n) is 2.61. The first-order valence-electron chi connectivity index (χ1n) is 6.37. The molecule has 0 aromatic carbocycles. The summed E-state index contributed by atoms with van der Waals surface area (Å²) < 4.78 is 0. The highest BCUT2D eigenvalue weighted by Gasteiger charge is 2.30. The number of nitro groups is 1. The van der Waals surface area contributed by atoms with Crippen LogP contribution >= 0.6 is 11.3 Å². The van der Waals surface area contributed by atoms with Crippen molar-refractivity contribution in [2.75, 3.05) is 13.1 Å². The van der Waals surface area contributed by atoms with Crippen LogP contribution in [0.1, 0.15) is 37.1 Å². The summed E-state index contributed by atoms with van der Waals surface area (Å²) in [4.78, 5) is 13.8. The van der Waals surface area contributed by atoms with Gasteiger partial charge >= 0.3 is 5.00 Å². The minimum atomic E-state index is -0.327. The molecule has 0 aliphatic carbocycles. The van der Waals surface area contributed by atoms with Gasteiger partial charge in [0.15, 0.2) is 0 Å². The van der Waals surface area contributed by atoms with Gasteiger partial charge in [-0.05, 0) is 32.0 Å². The second-order valence-electron chi connectivity index (χ2n) is 4.67. The summed E-state index contributed by atoms with van der Waals surface area (Å²) in [6.07, 6.45) is 3.29. The van der Waals surface area contributed by atoms with E-state index in [1.807, 2.05) is 6.07 Å². The van der Waals surface area contributed by atoms with Crippen LogP contribution in [0.25, 0.3) is 0 Å². The quantitative estimate of drug-likeness (QED) is 0.676. The third kappa shape index (κ3) is 2.71. The van der Waals surface area contributed by atoms with E-state index in [1.165, 1.54) is 11.3 Å². The molecule has 0 amide bonds. The minimum Gasteiger partial charge on any atom is -0.326 e. The molecule has 2 heterocycles. The highest BCUT2D eigenvalue weighted by atomic mass is 32.1. The van der Waals surface area contributed by atoms with E-state index >= 15 is 0 Å². The summed E-state index contributed by atoms with van der Waals surface area (Å²) in [6.45, 7) is 4.08. The molecule has 1 saturated heterocycles. The molecule has 2 N–H and O–H groups in total. The van der Waals surface area contributed by atoms with Crippen molar-refractivity contribution in [3.05, 3.63) is 27.1 Å². The van der Waals surface area contributed by atoms with Gasteiger partial charge in [0.25, 0.3) is 0 Å². The topological polar surface area (TPSA) is 72.4 Å². The molecule has 1 aliphatic rings. The number of thiophene rings is 1. The standard InChI is InChI=1S/C12H19N3O2S/c1-2-14-8-4-3-5-9(13)12(14)10-6-7-11(18-10)15(16)17/h6-7,9,12H,2-5,8,13H2,1H3. The van der Waals surface area contributed by atoms with Gasteiger partial charge in [-0.2, -0.15) is 0 Å². The van der Waals surface area contributed by atoms with Crippen LogP contribution in [0.3, 0.4) is 0 Å². The second-order valence-corrected chi connectivity index (χ2v) is 5.76. The Balaban J connectivity index is 2.27. The molecule has 0 saturated carbocycles. The molecule has 100 valence electrons. The second kappa shape index (κ2) is 5.77. The highest BCUT2D eigenvalue weighted by molar-refractivity contribution is 7.15. The van der Waals surface area contributed by atoms with Gasteiger partial charge in [0.2, 0.25) is 0 Å². The Hall–Kier alpha value is -0.980. The van der Waals surface area contributed by atoms with E-state index in [9.17, 15) is 10.1 Å². The van der Waals surface area contributed by atoms with Crippen LogP contribution in [0.4, 0.5) is 5.00 Å². The number of hydrogen-bond donors (Lipinski definition) is 1. The van der Waals surface area contributed by atoms with Crippen molar-refractivity contribution >= 4 is 16.3 Å². The van der Waals surface area contributed by atoms with E-state index in [0.717, 1.165) is 37.2 Å². The molecule has 0 spiro atoms. The van der Waals surface area contributed by atoms with Crippen LogP contribution in [-0.2, 0) is 0 Å². The first kappa shape index (κ1) is 13.5. The number of nitrogens with two attached hydrogens (primary N) is 1. The van der Waals surface area contributed by atoms with E-state index in [1.54, 1.807) is 6.07 Å². The Labute approximate surface area is 111 Å². The monoisotopic (exact) mass is 269 g/mol. The van der Waals surface area contributed by atoms with Crippen molar-refractivity contribution in [2.45, 2.75) is 38.3 Å². The van der Waals surface area contributed by atoms with Crippen molar-refractivity contribution in [3.8, 4) is 0 Å². The highest BCUT2D eigenvalue weighted by Crippen LogP contribution is 2.36. The largest absolute Gasteiger partial charge is 0.326 e. The van der Waals surface area contributed by atoms with Gasteiger partial charge in [-0.3, -0.25) is 15.0 Å². The number of likely N-dealkylation sites (N-methyl/N-ethyl adjacent to an activating group) is 1. The molecule has 2 rings (SSSR count). The SMILES string of the molecule is CCN1CCCCC(N)C1c1ccc([N+](=O)[O-])s1. The first-order valence-corrected chi connectivity index (χ1v) is 7.19. The Kier molecular flexibility index (Phi) is 4.31. The molecule has 5 nitrogen and oxygen atoms in total. The molecule has 0 radical (unpaired) electrons. The zero-order valence-corrected chi connectivity index (χ0v) is 11.4. The van der Waals surface area contributed by atoms with Crippen molar-refractivity contribution in [1.29, 1.82) is 0 Å². The van der Waals surface area contributed by atoms with Crippen molar-refractivity contribution in [3.63, 3.8) is 0 Å². The average Bonchev–Trinajstić information content (AvgIpc) is 2.74. The molecule has 0 bridgehead atoms. The van der Waals surface area contributed by atoms with Crippen molar-refractivity contribution in [1.82, 2.24) is 4.90 Å². The first-order chi connectivity index (χ1) is 8.63. The Morgan fingerprint density at radius 2 is 2.33 bits per heavy atom. The number of hydrogen-bond acceptors (Lipinski definition) is 5. The number of likely N-dealkylation sites (tertiary alicyclic amines) is 1. The Bertz CT molecular complexity index is 421. The van der Waals surface area contributed by atoms with Gasteiger partial charge in [-0.25, -0.2) is 0 Å². The van der Waals surface area contributed by atoms with Crippen LogP contribution in [0.2, 0.25) is 0 Å². The molecular formula is C12H19N3O2S. The smallest absolute Gasteiger partial charge is 0.324 e.